The molecule has 0 N–H and O–H groups in total. The van der Waals surface area contributed by atoms with Crippen LogP contribution in [0.4, 0.5) is 0 Å². The fourth-order valence-electron chi connectivity index (χ4n) is 5.91. The Labute approximate surface area is 226 Å². The first kappa shape index (κ1) is 26.3. The van der Waals surface area contributed by atoms with E-state index in [1.165, 1.54) is 48.1 Å². The van der Waals surface area contributed by atoms with E-state index in [-0.39, 0.29) is 5.56 Å². The summed E-state index contributed by atoms with van der Waals surface area (Å²) in [5.74, 6) is 0.588. The molecule has 0 radical (unpaired) electrons. The summed E-state index contributed by atoms with van der Waals surface area (Å²) < 4.78 is 9.89. The van der Waals surface area contributed by atoms with Gasteiger partial charge in [-0.05, 0) is 62.3 Å². The molecule has 6 nitrogen and oxygen atoms in total. The second kappa shape index (κ2) is 11.6. The summed E-state index contributed by atoms with van der Waals surface area (Å²) in [6.07, 6.45) is 5.41. The predicted octanol–water partition coefficient (Wildman–Crippen LogP) is 5.39. The van der Waals surface area contributed by atoms with Gasteiger partial charge >= 0.3 is 0 Å². The highest BCUT2D eigenvalue weighted by Gasteiger charge is 2.29. The van der Waals surface area contributed by atoms with Gasteiger partial charge in [0.15, 0.2) is 0 Å². The summed E-state index contributed by atoms with van der Waals surface area (Å²) in [5.41, 5.74) is 5.96. The number of ether oxygens (including phenoxy) is 1. The third-order valence-corrected chi connectivity index (χ3v) is 8.04. The molecule has 4 heterocycles. The molecule has 2 aromatic heterocycles. The quantitative estimate of drug-likeness (QED) is 0.360. The van der Waals surface area contributed by atoms with Crippen LogP contribution in [0.5, 0.6) is 5.75 Å². The van der Waals surface area contributed by atoms with Crippen LogP contribution in [0.25, 0.3) is 16.6 Å². The zero-order chi connectivity index (χ0) is 26.6. The van der Waals surface area contributed by atoms with Crippen molar-refractivity contribution in [3.63, 3.8) is 0 Å². The van der Waals surface area contributed by atoms with E-state index >= 15 is 0 Å². The molecule has 6 rings (SSSR count). The second-order valence-corrected chi connectivity index (χ2v) is 10.3. The van der Waals surface area contributed by atoms with Crippen molar-refractivity contribution in [3.05, 3.63) is 94.0 Å². The number of benzene rings is 2. The van der Waals surface area contributed by atoms with Crippen LogP contribution < -0.4 is 10.3 Å². The maximum atomic E-state index is 13.0. The van der Waals surface area contributed by atoms with Crippen molar-refractivity contribution in [3.8, 4) is 11.4 Å². The smallest absolute Gasteiger partial charge is 0.258 e. The van der Waals surface area contributed by atoms with Crippen LogP contribution in [0.3, 0.4) is 0 Å². The molecule has 0 spiro atoms. The van der Waals surface area contributed by atoms with Crippen LogP contribution in [0.15, 0.2) is 71.7 Å². The Kier molecular flexibility index (Phi) is 8.01. The lowest BCUT2D eigenvalue weighted by Crippen LogP contribution is -2.45. The zero-order valence-electron chi connectivity index (χ0n) is 23.2. The summed E-state index contributed by atoms with van der Waals surface area (Å²) in [6.45, 7) is 8.98. The molecule has 0 atom stereocenters. The van der Waals surface area contributed by atoms with Gasteiger partial charge in [-0.15, -0.1) is 0 Å². The number of aromatic nitrogens is 2. The van der Waals surface area contributed by atoms with Crippen LogP contribution in [0.1, 0.15) is 43.5 Å². The van der Waals surface area contributed by atoms with E-state index in [0.29, 0.717) is 18.4 Å². The van der Waals surface area contributed by atoms with E-state index in [2.05, 4.69) is 46.7 Å². The Morgan fingerprint density at radius 1 is 0.921 bits per heavy atom. The SMILES string of the molecule is CC.CN1CCC(N2CCc3c(c4ccc(-n5ccc(OCc6ccccc6)cc5=O)cc4n3C)C2)CC1. The molecule has 1 saturated heterocycles. The van der Waals surface area contributed by atoms with E-state index in [1.807, 2.05) is 56.4 Å². The summed E-state index contributed by atoms with van der Waals surface area (Å²) >= 11 is 0. The van der Waals surface area contributed by atoms with Gasteiger partial charge in [-0.3, -0.25) is 14.3 Å². The number of aryl methyl sites for hydroxylation is 1. The largest absolute Gasteiger partial charge is 0.489 e. The van der Waals surface area contributed by atoms with Gasteiger partial charge in [0, 0.05) is 55.9 Å². The molecule has 0 unspecified atom stereocenters. The Hall–Kier alpha value is -3.35. The fourth-order valence-corrected chi connectivity index (χ4v) is 5.91. The van der Waals surface area contributed by atoms with Gasteiger partial charge in [-0.2, -0.15) is 0 Å². The lowest BCUT2D eigenvalue weighted by atomic mass is 9.98. The first-order chi connectivity index (χ1) is 18.6. The van der Waals surface area contributed by atoms with E-state index in [4.69, 9.17) is 4.74 Å². The molecule has 1 fully saturated rings. The Morgan fingerprint density at radius 2 is 1.68 bits per heavy atom. The van der Waals surface area contributed by atoms with Gasteiger partial charge in [0.2, 0.25) is 0 Å². The normalized spacial score (nSPS) is 16.6. The highest BCUT2D eigenvalue weighted by molar-refractivity contribution is 5.87. The molecule has 2 aliphatic rings. The van der Waals surface area contributed by atoms with Crippen molar-refractivity contribution in [2.24, 2.45) is 7.05 Å². The van der Waals surface area contributed by atoms with Gasteiger partial charge in [-0.25, -0.2) is 0 Å². The third-order valence-electron chi connectivity index (χ3n) is 8.04. The number of piperidine rings is 1. The molecular weight excluding hydrogens is 472 g/mol. The van der Waals surface area contributed by atoms with E-state index in [9.17, 15) is 4.79 Å². The zero-order valence-corrected chi connectivity index (χ0v) is 23.2. The average Bonchev–Trinajstić information content (AvgIpc) is 3.24. The lowest BCUT2D eigenvalue weighted by Gasteiger charge is -2.39. The lowest BCUT2D eigenvalue weighted by molar-refractivity contribution is 0.109. The van der Waals surface area contributed by atoms with Crippen LogP contribution in [-0.2, 0) is 26.6 Å². The van der Waals surface area contributed by atoms with Gasteiger partial charge in [-0.1, -0.05) is 50.2 Å². The molecule has 200 valence electrons. The molecule has 0 amide bonds. The number of pyridine rings is 1. The van der Waals surface area contributed by atoms with Crippen LogP contribution in [-0.4, -0.2) is 51.7 Å². The number of hydrogen-bond acceptors (Lipinski definition) is 4. The first-order valence-electron chi connectivity index (χ1n) is 14.0. The Morgan fingerprint density at radius 3 is 2.42 bits per heavy atom. The predicted molar refractivity (Wildman–Crippen MR) is 155 cm³/mol. The number of rotatable bonds is 5. The maximum Gasteiger partial charge on any atom is 0.258 e. The van der Waals surface area contributed by atoms with Crippen molar-refractivity contribution < 1.29 is 4.74 Å². The molecule has 0 saturated carbocycles. The van der Waals surface area contributed by atoms with Crippen molar-refractivity contribution in [2.45, 2.75) is 52.3 Å². The highest BCUT2D eigenvalue weighted by Crippen LogP contribution is 2.33. The summed E-state index contributed by atoms with van der Waals surface area (Å²) in [7, 11) is 4.39. The average molecular weight is 513 g/mol. The summed E-state index contributed by atoms with van der Waals surface area (Å²) in [4.78, 5) is 18.1. The second-order valence-electron chi connectivity index (χ2n) is 10.3. The summed E-state index contributed by atoms with van der Waals surface area (Å²) in [5, 5.41) is 1.31. The number of fused-ring (bicyclic) bond motifs is 3. The number of likely N-dealkylation sites (tertiary alicyclic amines) is 1. The van der Waals surface area contributed by atoms with Crippen molar-refractivity contribution in [2.75, 3.05) is 26.7 Å². The van der Waals surface area contributed by atoms with Gasteiger partial charge in [0.05, 0.1) is 11.2 Å². The molecular formula is C32H40N4O2. The molecule has 0 aliphatic carbocycles. The molecule has 38 heavy (non-hydrogen) atoms. The highest BCUT2D eigenvalue weighted by atomic mass is 16.5. The van der Waals surface area contributed by atoms with Gasteiger partial charge < -0.3 is 14.2 Å². The number of nitrogens with zero attached hydrogens (tertiary/aromatic N) is 4. The van der Waals surface area contributed by atoms with Crippen molar-refractivity contribution in [1.29, 1.82) is 0 Å². The molecule has 6 heteroatoms. The van der Waals surface area contributed by atoms with Crippen LogP contribution in [0.2, 0.25) is 0 Å². The fraction of sp³-hybridized carbons (Fsp3) is 0.406. The Bertz CT molecular complexity index is 1430. The standard InChI is InChI=1S/C30H34N4O2.C2H6/c1-31-14-10-23(11-15-31)33-16-13-28-27(20-33)26-9-8-24(18-29(26)32(28)2)34-17-12-25(19-30(34)35)36-21-22-6-4-3-5-7-22;1-2/h3-9,12,17-19,23H,10-11,13-16,20-21H2,1-2H3;1-2H3. The van der Waals surface area contributed by atoms with Crippen molar-refractivity contribution in [1.82, 2.24) is 18.9 Å². The summed E-state index contributed by atoms with van der Waals surface area (Å²) in [6, 6.07) is 20.5. The Balaban J connectivity index is 0.00000144. The van der Waals surface area contributed by atoms with E-state index in [1.54, 1.807) is 10.6 Å². The van der Waals surface area contributed by atoms with Crippen LogP contribution >= 0.6 is 0 Å². The monoisotopic (exact) mass is 512 g/mol. The van der Waals surface area contributed by atoms with E-state index < -0.39 is 0 Å². The van der Waals surface area contributed by atoms with Crippen molar-refractivity contribution >= 4 is 10.9 Å². The van der Waals surface area contributed by atoms with Gasteiger partial charge in [0.1, 0.15) is 12.4 Å². The minimum Gasteiger partial charge on any atom is -0.489 e. The molecule has 2 aliphatic heterocycles. The third kappa shape index (κ3) is 5.29. The minimum absolute atomic E-state index is 0.0904. The van der Waals surface area contributed by atoms with E-state index in [0.717, 1.165) is 30.8 Å². The first-order valence-corrected chi connectivity index (χ1v) is 14.0. The molecule has 0 bridgehead atoms. The maximum absolute atomic E-state index is 13.0. The number of hydrogen-bond donors (Lipinski definition) is 0. The van der Waals surface area contributed by atoms with Gasteiger partial charge in [0.25, 0.3) is 5.56 Å². The minimum atomic E-state index is -0.0904. The molecule has 4 aromatic rings. The molecule has 2 aromatic carbocycles. The topological polar surface area (TPSA) is 42.6 Å². The van der Waals surface area contributed by atoms with Crippen LogP contribution in [0, 0.1) is 0 Å².